The predicted molar refractivity (Wildman–Crippen MR) is 68.3 cm³/mol. The Morgan fingerprint density at radius 1 is 1.22 bits per heavy atom. The molecule has 0 radical (unpaired) electrons. The number of anilines is 1. The van der Waals surface area contributed by atoms with Crippen LogP contribution in [0.1, 0.15) is 5.56 Å². The highest BCUT2D eigenvalue weighted by Gasteiger charge is 2.02. The van der Waals surface area contributed by atoms with Crippen molar-refractivity contribution in [3.63, 3.8) is 0 Å². The Hall–Kier alpha value is -2.49. The molecule has 0 spiro atoms. The van der Waals surface area contributed by atoms with Crippen LogP contribution in [0.4, 0.5) is 10.1 Å². The summed E-state index contributed by atoms with van der Waals surface area (Å²) in [6, 6.07) is 9.58. The fourth-order valence-electron chi connectivity index (χ4n) is 1.53. The minimum absolute atomic E-state index is 0.333. The van der Waals surface area contributed by atoms with E-state index in [2.05, 4.69) is 10.3 Å². The van der Waals surface area contributed by atoms with Crippen molar-refractivity contribution in [2.45, 2.75) is 0 Å². The second kappa shape index (κ2) is 5.72. The Balaban J connectivity index is 2.28. The smallest absolute Gasteiger partial charge is 0.144 e. The second-order valence-corrected chi connectivity index (χ2v) is 3.59. The number of aldehydes is 1. The van der Waals surface area contributed by atoms with Crippen LogP contribution in [0.25, 0.3) is 5.70 Å². The van der Waals surface area contributed by atoms with E-state index in [1.165, 1.54) is 18.2 Å². The molecule has 1 aromatic carbocycles. The topological polar surface area (TPSA) is 42.0 Å². The van der Waals surface area contributed by atoms with Gasteiger partial charge in [0.2, 0.25) is 0 Å². The number of aromatic nitrogens is 1. The molecule has 0 atom stereocenters. The van der Waals surface area contributed by atoms with Crippen molar-refractivity contribution in [3.8, 4) is 0 Å². The molecule has 0 aliphatic carbocycles. The van der Waals surface area contributed by atoms with Gasteiger partial charge in [0.05, 0.1) is 0 Å². The molecule has 0 fully saturated rings. The van der Waals surface area contributed by atoms with Crippen LogP contribution in [-0.2, 0) is 4.79 Å². The molecular weight excluding hydrogens is 231 g/mol. The number of hydrogen-bond acceptors (Lipinski definition) is 3. The molecule has 0 aliphatic rings. The summed E-state index contributed by atoms with van der Waals surface area (Å²) in [7, 11) is 0. The Morgan fingerprint density at radius 3 is 2.67 bits per heavy atom. The molecule has 0 unspecified atom stereocenters. The van der Waals surface area contributed by atoms with Gasteiger partial charge in [-0.2, -0.15) is 0 Å². The van der Waals surface area contributed by atoms with Gasteiger partial charge in [-0.15, -0.1) is 0 Å². The number of pyridine rings is 1. The molecule has 1 heterocycles. The van der Waals surface area contributed by atoms with E-state index in [4.69, 9.17) is 0 Å². The van der Waals surface area contributed by atoms with Crippen molar-refractivity contribution in [2.75, 3.05) is 5.32 Å². The highest BCUT2D eigenvalue weighted by atomic mass is 19.1. The zero-order valence-corrected chi connectivity index (χ0v) is 9.51. The lowest BCUT2D eigenvalue weighted by molar-refractivity contribution is -0.104. The number of benzene rings is 1. The minimum atomic E-state index is -0.333. The summed E-state index contributed by atoms with van der Waals surface area (Å²) in [5.74, 6) is -0.333. The molecule has 4 heteroatoms. The maximum Gasteiger partial charge on any atom is 0.144 e. The van der Waals surface area contributed by atoms with Gasteiger partial charge < -0.3 is 5.32 Å². The first-order valence-electron chi connectivity index (χ1n) is 5.38. The Morgan fingerprint density at radius 2 is 2.00 bits per heavy atom. The lowest BCUT2D eigenvalue weighted by Crippen LogP contribution is -1.99. The molecule has 3 nitrogen and oxygen atoms in total. The number of nitrogens with one attached hydrogen (secondary N) is 1. The maximum atomic E-state index is 13.1. The zero-order valence-electron chi connectivity index (χ0n) is 9.51. The van der Waals surface area contributed by atoms with Crippen molar-refractivity contribution in [1.82, 2.24) is 4.98 Å². The minimum Gasteiger partial charge on any atom is -0.355 e. The molecular formula is C14H11FN2O. The second-order valence-electron chi connectivity index (χ2n) is 3.59. The molecule has 1 aromatic heterocycles. The van der Waals surface area contributed by atoms with Crippen LogP contribution in [0.15, 0.2) is 54.9 Å². The Labute approximate surface area is 104 Å². The van der Waals surface area contributed by atoms with Gasteiger partial charge in [0.15, 0.2) is 0 Å². The van der Waals surface area contributed by atoms with E-state index < -0.39 is 0 Å². The number of nitrogens with zero attached hydrogens (tertiary/aromatic N) is 1. The average Bonchev–Trinajstić information content (AvgIpc) is 2.39. The maximum absolute atomic E-state index is 13.1. The van der Waals surface area contributed by atoms with Crippen LogP contribution in [0.3, 0.4) is 0 Å². The standard InChI is InChI=1S/C14H11FN2O/c15-12-2-1-3-13(10-12)17-14(6-9-18)11-4-7-16-8-5-11/h1-10,17H/b14-6-. The van der Waals surface area contributed by atoms with Crippen LogP contribution in [0.5, 0.6) is 0 Å². The first-order chi connectivity index (χ1) is 8.79. The van der Waals surface area contributed by atoms with Gasteiger partial charge in [-0.05, 0) is 30.3 Å². The van der Waals surface area contributed by atoms with Gasteiger partial charge in [-0.3, -0.25) is 9.78 Å². The Kier molecular flexibility index (Phi) is 3.81. The molecule has 0 aliphatic heterocycles. The molecule has 18 heavy (non-hydrogen) atoms. The van der Waals surface area contributed by atoms with Crippen molar-refractivity contribution in [1.29, 1.82) is 0 Å². The molecule has 0 saturated carbocycles. The van der Waals surface area contributed by atoms with E-state index in [1.807, 2.05) is 0 Å². The van der Waals surface area contributed by atoms with E-state index in [1.54, 1.807) is 36.7 Å². The van der Waals surface area contributed by atoms with E-state index in [-0.39, 0.29) is 5.82 Å². The third-order valence-electron chi connectivity index (χ3n) is 2.33. The monoisotopic (exact) mass is 242 g/mol. The van der Waals surface area contributed by atoms with Crippen molar-refractivity contribution >= 4 is 17.7 Å². The Bertz CT molecular complexity index is 567. The van der Waals surface area contributed by atoms with Crippen molar-refractivity contribution < 1.29 is 9.18 Å². The van der Waals surface area contributed by atoms with Gasteiger partial charge in [0.25, 0.3) is 0 Å². The third-order valence-corrected chi connectivity index (χ3v) is 2.33. The third kappa shape index (κ3) is 3.01. The van der Waals surface area contributed by atoms with E-state index in [0.29, 0.717) is 17.7 Å². The van der Waals surface area contributed by atoms with E-state index in [9.17, 15) is 9.18 Å². The van der Waals surface area contributed by atoms with Crippen LogP contribution < -0.4 is 5.32 Å². The van der Waals surface area contributed by atoms with Gasteiger partial charge >= 0.3 is 0 Å². The first kappa shape index (κ1) is 12.0. The summed E-state index contributed by atoms with van der Waals surface area (Å²) >= 11 is 0. The molecule has 0 bridgehead atoms. The number of rotatable bonds is 4. The van der Waals surface area contributed by atoms with Crippen molar-refractivity contribution in [3.05, 3.63) is 66.2 Å². The van der Waals surface area contributed by atoms with Gasteiger partial charge in [-0.1, -0.05) is 6.07 Å². The summed E-state index contributed by atoms with van der Waals surface area (Å²) in [5, 5.41) is 3.00. The average molecular weight is 242 g/mol. The summed E-state index contributed by atoms with van der Waals surface area (Å²) in [6.45, 7) is 0. The van der Waals surface area contributed by atoms with E-state index in [0.717, 1.165) is 5.56 Å². The highest BCUT2D eigenvalue weighted by molar-refractivity contribution is 5.86. The molecule has 0 amide bonds. The number of hydrogen-bond donors (Lipinski definition) is 1. The quantitative estimate of drug-likeness (QED) is 0.662. The summed E-state index contributed by atoms with van der Waals surface area (Å²) in [5.41, 5.74) is 1.99. The SMILES string of the molecule is O=C/C=C(\Nc1cccc(F)c1)c1ccncc1. The van der Waals surface area contributed by atoms with Crippen molar-refractivity contribution in [2.24, 2.45) is 0 Å². The van der Waals surface area contributed by atoms with Crippen LogP contribution in [0.2, 0.25) is 0 Å². The van der Waals surface area contributed by atoms with Gasteiger partial charge in [0, 0.05) is 35.4 Å². The lowest BCUT2D eigenvalue weighted by Gasteiger charge is -2.10. The van der Waals surface area contributed by atoms with Crippen LogP contribution >= 0.6 is 0 Å². The summed E-state index contributed by atoms with van der Waals surface area (Å²) in [4.78, 5) is 14.5. The van der Waals surface area contributed by atoms with E-state index >= 15 is 0 Å². The number of halogens is 1. The molecule has 1 N–H and O–H groups in total. The molecule has 0 saturated heterocycles. The number of allylic oxidation sites excluding steroid dienone is 1. The van der Waals surface area contributed by atoms with Gasteiger partial charge in [-0.25, -0.2) is 4.39 Å². The molecule has 2 aromatic rings. The fourth-order valence-corrected chi connectivity index (χ4v) is 1.53. The molecule has 90 valence electrons. The van der Waals surface area contributed by atoms with Crippen LogP contribution in [0, 0.1) is 5.82 Å². The zero-order chi connectivity index (χ0) is 12.8. The predicted octanol–water partition coefficient (Wildman–Crippen LogP) is 2.87. The lowest BCUT2D eigenvalue weighted by atomic mass is 10.2. The summed E-state index contributed by atoms with van der Waals surface area (Å²) < 4.78 is 13.1. The van der Waals surface area contributed by atoms with Gasteiger partial charge in [0.1, 0.15) is 12.1 Å². The first-order valence-corrected chi connectivity index (χ1v) is 5.38. The largest absolute Gasteiger partial charge is 0.355 e. The molecule has 2 rings (SSSR count). The fraction of sp³-hybridized carbons (Fsp3) is 0. The summed E-state index contributed by atoms with van der Waals surface area (Å²) in [6.07, 6.45) is 5.32. The highest BCUT2D eigenvalue weighted by Crippen LogP contribution is 2.18. The van der Waals surface area contributed by atoms with Crippen LogP contribution in [-0.4, -0.2) is 11.3 Å². The number of carbonyl (C=O) groups excluding carboxylic acids is 1. The number of carbonyl (C=O) groups is 1. The normalized spacial score (nSPS) is 11.1.